The van der Waals surface area contributed by atoms with E-state index in [9.17, 15) is 8.78 Å². The van der Waals surface area contributed by atoms with Crippen LogP contribution in [0.15, 0.2) is 6.20 Å². The monoisotopic (exact) mass is 386 g/mol. The molecule has 0 aliphatic heterocycles. The number of nitriles is 1. The molecular formula is C9H6BrF2IN2. The van der Waals surface area contributed by atoms with Gasteiger partial charge >= 0.3 is 0 Å². The van der Waals surface area contributed by atoms with Gasteiger partial charge in [-0.2, -0.15) is 5.26 Å². The van der Waals surface area contributed by atoms with Crippen molar-refractivity contribution in [3.63, 3.8) is 0 Å². The summed E-state index contributed by atoms with van der Waals surface area (Å²) in [7, 11) is 0. The molecule has 0 saturated carbocycles. The molecule has 2 nitrogen and oxygen atoms in total. The molecule has 0 bridgehead atoms. The molecule has 0 atom stereocenters. The van der Waals surface area contributed by atoms with E-state index >= 15 is 0 Å². The molecule has 0 saturated heterocycles. The minimum absolute atomic E-state index is 0.0692. The average Bonchev–Trinajstić information content (AvgIpc) is 2.19. The quantitative estimate of drug-likeness (QED) is 0.452. The summed E-state index contributed by atoms with van der Waals surface area (Å²) in [5.74, 6) is 0. The maximum Gasteiger partial charge on any atom is 0.266 e. The van der Waals surface area contributed by atoms with Crippen molar-refractivity contribution in [3.05, 3.63) is 26.6 Å². The van der Waals surface area contributed by atoms with Crippen LogP contribution in [-0.4, -0.2) is 4.98 Å². The molecule has 0 amide bonds. The van der Waals surface area contributed by atoms with Gasteiger partial charge in [0, 0.05) is 11.5 Å². The first-order chi connectivity index (χ1) is 7.11. The van der Waals surface area contributed by atoms with Crippen LogP contribution in [0, 0.1) is 15.0 Å². The normalized spacial score (nSPS) is 10.4. The lowest BCUT2D eigenvalue weighted by Gasteiger charge is -2.11. The van der Waals surface area contributed by atoms with Gasteiger partial charge in [-0.3, -0.25) is 0 Å². The van der Waals surface area contributed by atoms with Crippen LogP contribution in [0.5, 0.6) is 0 Å². The van der Waals surface area contributed by atoms with E-state index in [4.69, 9.17) is 5.26 Å². The molecule has 0 aliphatic carbocycles. The van der Waals surface area contributed by atoms with Crippen molar-refractivity contribution in [3.8, 4) is 6.07 Å². The molecule has 0 aromatic carbocycles. The summed E-state index contributed by atoms with van der Waals surface area (Å²) in [6.45, 7) is 0. The molecule has 1 heterocycles. The molecule has 1 aromatic rings. The molecule has 80 valence electrons. The first-order valence-electron chi connectivity index (χ1n) is 3.99. The maximum absolute atomic E-state index is 12.7. The number of alkyl halides is 3. The maximum atomic E-state index is 12.7. The fraction of sp³-hybridized carbons (Fsp3) is 0.333. The number of rotatable bonds is 3. The van der Waals surface area contributed by atoms with Gasteiger partial charge in [-0.25, -0.2) is 13.8 Å². The van der Waals surface area contributed by atoms with Crippen LogP contribution in [0.1, 0.15) is 23.1 Å². The highest BCUT2D eigenvalue weighted by Crippen LogP contribution is 2.30. The Kier molecular flexibility index (Phi) is 4.86. The van der Waals surface area contributed by atoms with E-state index in [0.717, 1.165) is 0 Å². The van der Waals surface area contributed by atoms with Crippen LogP contribution >= 0.6 is 38.5 Å². The molecule has 0 N–H and O–H groups in total. The van der Waals surface area contributed by atoms with Crippen molar-refractivity contribution >= 4 is 38.5 Å². The van der Waals surface area contributed by atoms with Crippen LogP contribution in [-0.2, 0) is 11.8 Å². The molecule has 0 aliphatic rings. The Morgan fingerprint density at radius 1 is 1.60 bits per heavy atom. The zero-order chi connectivity index (χ0) is 11.4. The van der Waals surface area contributed by atoms with Crippen molar-refractivity contribution in [2.75, 3.05) is 0 Å². The zero-order valence-electron chi connectivity index (χ0n) is 7.48. The fourth-order valence-electron chi connectivity index (χ4n) is 1.20. The molecule has 0 spiro atoms. The van der Waals surface area contributed by atoms with Gasteiger partial charge in [-0.05, 0) is 33.7 Å². The van der Waals surface area contributed by atoms with Gasteiger partial charge in [0.15, 0.2) is 0 Å². The van der Waals surface area contributed by atoms with Gasteiger partial charge in [0.2, 0.25) is 0 Å². The Labute approximate surface area is 108 Å². The lowest BCUT2D eigenvalue weighted by Crippen LogP contribution is -2.03. The van der Waals surface area contributed by atoms with Gasteiger partial charge in [0.1, 0.15) is 3.70 Å². The van der Waals surface area contributed by atoms with Crippen LogP contribution in [0.4, 0.5) is 8.78 Å². The van der Waals surface area contributed by atoms with Gasteiger partial charge in [-0.15, -0.1) is 0 Å². The topological polar surface area (TPSA) is 36.7 Å². The second kappa shape index (κ2) is 5.70. The molecule has 1 rings (SSSR count). The van der Waals surface area contributed by atoms with E-state index < -0.39 is 6.43 Å². The zero-order valence-corrected chi connectivity index (χ0v) is 11.2. The summed E-state index contributed by atoms with van der Waals surface area (Å²) in [5.41, 5.74) is 0.969. The van der Waals surface area contributed by atoms with Crippen molar-refractivity contribution in [2.45, 2.75) is 18.2 Å². The number of nitrogens with zero attached hydrogens (tertiary/aromatic N) is 2. The summed E-state index contributed by atoms with van der Waals surface area (Å²) >= 11 is 4.93. The third kappa shape index (κ3) is 2.84. The van der Waals surface area contributed by atoms with Crippen molar-refractivity contribution in [1.82, 2.24) is 4.98 Å². The standard InChI is InChI=1S/C9H6BrF2IN2/c10-3-6-5(1-2-14)4-15-9(13)7(6)8(11)12/h4,8H,1,3H2. The van der Waals surface area contributed by atoms with Crippen LogP contribution in [0.2, 0.25) is 0 Å². The number of aromatic nitrogens is 1. The summed E-state index contributed by atoms with van der Waals surface area (Å²) in [5, 5.41) is 8.86. The van der Waals surface area contributed by atoms with Gasteiger partial charge < -0.3 is 0 Å². The first-order valence-corrected chi connectivity index (χ1v) is 6.19. The highest BCUT2D eigenvalue weighted by molar-refractivity contribution is 14.1. The second-order valence-corrected chi connectivity index (χ2v) is 4.32. The van der Waals surface area contributed by atoms with Crippen molar-refractivity contribution in [2.24, 2.45) is 0 Å². The van der Waals surface area contributed by atoms with Gasteiger partial charge in [-0.1, -0.05) is 15.9 Å². The van der Waals surface area contributed by atoms with E-state index in [1.807, 2.05) is 6.07 Å². The molecule has 0 radical (unpaired) electrons. The van der Waals surface area contributed by atoms with E-state index in [-0.39, 0.29) is 12.0 Å². The number of hydrogen-bond acceptors (Lipinski definition) is 2. The average molecular weight is 387 g/mol. The molecule has 1 aromatic heterocycles. The molecule has 15 heavy (non-hydrogen) atoms. The third-order valence-electron chi connectivity index (χ3n) is 1.89. The molecule has 6 heteroatoms. The lowest BCUT2D eigenvalue weighted by molar-refractivity contribution is 0.149. The molecule has 0 unspecified atom stereocenters. The highest BCUT2D eigenvalue weighted by atomic mass is 127. The SMILES string of the molecule is N#CCc1cnc(I)c(C(F)F)c1CBr. The summed E-state index contributed by atoms with van der Waals surface area (Å²) in [6.07, 6.45) is -0.978. The predicted molar refractivity (Wildman–Crippen MR) is 63.9 cm³/mol. The number of hydrogen-bond donors (Lipinski definition) is 0. The van der Waals surface area contributed by atoms with Crippen molar-refractivity contribution in [1.29, 1.82) is 5.26 Å². The van der Waals surface area contributed by atoms with Crippen molar-refractivity contribution < 1.29 is 8.78 Å². The fourth-order valence-corrected chi connectivity index (χ4v) is 2.56. The number of halogens is 4. The van der Waals surface area contributed by atoms with E-state index in [0.29, 0.717) is 20.2 Å². The van der Waals surface area contributed by atoms with Crippen LogP contribution in [0.25, 0.3) is 0 Å². The van der Waals surface area contributed by atoms with Gasteiger partial charge in [0.05, 0.1) is 18.1 Å². The predicted octanol–water partition coefficient (Wildman–Crippen LogP) is 3.58. The summed E-state index contributed by atoms with van der Waals surface area (Å²) in [4.78, 5) is 3.86. The summed E-state index contributed by atoms with van der Waals surface area (Å²) < 4.78 is 25.8. The lowest BCUT2D eigenvalue weighted by atomic mass is 10.0. The van der Waals surface area contributed by atoms with Gasteiger partial charge in [0.25, 0.3) is 6.43 Å². The van der Waals surface area contributed by atoms with E-state index in [1.165, 1.54) is 6.20 Å². The summed E-state index contributed by atoms with van der Waals surface area (Å²) in [6, 6.07) is 1.94. The Balaban J connectivity index is 3.34. The number of pyridine rings is 1. The molecular weight excluding hydrogens is 381 g/mol. The Hall–Kier alpha value is -0.290. The first kappa shape index (κ1) is 12.8. The minimum Gasteiger partial charge on any atom is -0.249 e. The minimum atomic E-state index is -2.56. The van der Waals surface area contributed by atoms with Crippen LogP contribution < -0.4 is 0 Å². The van der Waals surface area contributed by atoms with Crippen LogP contribution in [0.3, 0.4) is 0 Å². The Bertz CT molecular complexity index is 404. The largest absolute Gasteiger partial charge is 0.266 e. The van der Waals surface area contributed by atoms with E-state index in [1.54, 1.807) is 22.6 Å². The smallest absolute Gasteiger partial charge is 0.249 e. The van der Waals surface area contributed by atoms with E-state index in [2.05, 4.69) is 20.9 Å². The third-order valence-corrected chi connectivity index (χ3v) is 3.31. The Morgan fingerprint density at radius 2 is 2.27 bits per heavy atom. The highest BCUT2D eigenvalue weighted by Gasteiger charge is 2.19. The molecule has 0 fully saturated rings. The Morgan fingerprint density at radius 3 is 2.73 bits per heavy atom. The second-order valence-electron chi connectivity index (χ2n) is 2.74.